The fraction of sp³-hybridized carbons (Fsp3) is 0.850. The first-order chi connectivity index (χ1) is 13.2. The molecule has 0 spiro atoms. The van der Waals surface area contributed by atoms with Crippen LogP contribution < -0.4 is 5.32 Å². The molecule has 0 saturated carbocycles. The zero-order valence-corrected chi connectivity index (χ0v) is 21.2. The van der Waals surface area contributed by atoms with Crippen molar-refractivity contribution < 1.29 is 9.59 Å². The molecule has 0 aromatic heterocycles. The lowest BCUT2D eigenvalue weighted by molar-refractivity contribution is -0.145. The van der Waals surface area contributed by atoms with Crippen LogP contribution in [0.2, 0.25) is 0 Å². The highest BCUT2D eigenvalue weighted by atomic mass is 127. The molecule has 0 bridgehead atoms. The predicted octanol–water partition coefficient (Wildman–Crippen LogP) is 1.07. The number of nitrogens with zero attached hydrogens (tertiary/aromatic N) is 5. The van der Waals surface area contributed by atoms with E-state index in [0.29, 0.717) is 19.5 Å². The number of amides is 2. The SMILES string of the molecule is CCNC(=NCCC(=O)N1CCN(C)CC1)N1CC(=O)N(C(C)C)C(C)(C)C1.I. The van der Waals surface area contributed by atoms with Crippen LogP contribution in [-0.2, 0) is 9.59 Å². The first-order valence-corrected chi connectivity index (χ1v) is 10.5. The lowest BCUT2D eigenvalue weighted by Gasteiger charge is -2.49. The molecule has 2 aliphatic heterocycles. The molecule has 0 aromatic rings. The van der Waals surface area contributed by atoms with E-state index in [2.05, 4.69) is 50.0 Å². The van der Waals surface area contributed by atoms with E-state index in [1.807, 2.05) is 21.6 Å². The fourth-order valence-corrected chi connectivity index (χ4v) is 4.21. The highest BCUT2D eigenvalue weighted by molar-refractivity contribution is 14.0. The van der Waals surface area contributed by atoms with Crippen LogP contribution in [0, 0.1) is 0 Å². The average molecular weight is 522 g/mol. The zero-order valence-electron chi connectivity index (χ0n) is 18.9. The minimum atomic E-state index is -0.269. The van der Waals surface area contributed by atoms with E-state index < -0.39 is 0 Å². The Morgan fingerprint density at radius 3 is 2.31 bits per heavy atom. The van der Waals surface area contributed by atoms with Crippen LogP contribution in [0.3, 0.4) is 0 Å². The Morgan fingerprint density at radius 2 is 1.79 bits per heavy atom. The first kappa shape index (κ1) is 25.9. The second-order valence-corrected chi connectivity index (χ2v) is 8.70. The number of halogens is 1. The van der Waals surface area contributed by atoms with Gasteiger partial charge >= 0.3 is 0 Å². The van der Waals surface area contributed by atoms with Crippen molar-refractivity contribution in [3.05, 3.63) is 0 Å². The van der Waals surface area contributed by atoms with Crippen LogP contribution in [0.5, 0.6) is 0 Å². The Balaban J connectivity index is 0.00000420. The first-order valence-electron chi connectivity index (χ1n) is 10.5. The molecular formula is C20H39IN6O2. The molecular weight excluding hydrogens is 483 g/mol. The summed E-state index contributed by atoms with van der Waals surface area (Å²) in [6, 6.07) is 0.172. The number of nitrogens with one attached hydrogen (secondary N) is 1. The molecule has 2 aliphatic rings. The number of hydrogen-bond acceptors (Lipinski definition) is 4. The van der Waals surface area contributed by atoms with Crippen LogP contribution in [0.4, 0.5) is 0 Å². The Bertz CT molecular complexity index is 588. The summed E-state index contributed by atoms with van der Waals surface area (Å²) in [5.74, 6) is 0.998. The van der Waals surface area contributed by atoms with Gasteiger partial charge in [0.25, 0.3) is 0 Å². The monoisotopic (exact) mass is 522 g/mol. The maximum absolute atomic E-state index is 12.7. The summed E-state index contributed by atoms with van der Waals surface area (Å²) in [6.07, 6.45) is 0.405. The molecule has 0 radical (unpaired) electrons. The lowest BCUT2D eigenvalue weighted by Crippen LogP contribution is -2.66. The summed E-state index contributed by atoms with van der Waals surface area (Å²) in [5, 5.41) is 3.29. The summed E-state index contributed by atoms with van der Waals surface area (Å²) in [6.45, 7) is 15.9. The Morgan fingerprint density at radius 1 is 1.17 bits per heavy atom. The van der Waals surface area contributed by atoms with Gasteiger partial charge in [-0.1, -0.05) is 0 Å². The average Bonchev–Trinajstić information content (AvgIpc) is 2.59. The van der Waals surface area contributed by atoms with Crippen molar-refractivity contribution in [1.29, 1.82) is 0 Å². The van der Waals surface area contributed by atoms with E-state index >= 15 is 0 Å². The van der Waals surface area contributed by atoms with Gasteiger partial charge in [-0.25, -0.2) is 0 Å². The molecule has 0 atom stereocenters. The molecule has 1 N–H and O–H groups in total. The van der Waals surface area contributed by atoms with Crippen molar-refractivity contribution in [3.63, 3.8) is 0 Å². The summed E-state index contributed by atoms with van der Waals surface area (Å²) in [7, 11) is 2.08. The van der Waals surface area contributed by atoms with E-state index in [1.165, 1.54) is 0 Å². The minimum absolute atomic E-state index is 0. The van der Waals surface area contributed by atoms with E-state index in [0.717, 1.165) is 45.2 Å². The van der Waals surface area contributed by atoms with Crippen molar-refractivity contribution >= 4 is 41.8 Å². The summed E-state index contributed by atoms with van der Waals surface area (Å²) >= 11 is 0. The van der Waals surface area contributed by atoms with Crippen LogP contribution in [0.25, 0.3) is 0 Å². The summed E-state index contributed by atoms with van der Waals surface area (Å²) in [4.78, 5) is 38.0. The molecule has 29 heavy (non-hydrogen) atoms. The van der Waals surface area contributed by atoms with Crippen molar-refractivity contribution in [2.24, 2.45) is 4.99 Å². The summed E-state index contributed by atoms with van der Waals surface area (Å²) < 4.78 is 0. The molecule has 2 saturated heterocycles. The zero-order chi connectivity index (χ0) is 20.9. The molecule has 8 nitrogen and oxygen atoms in total. The number of hydrogen-bond donors (Lipinski definition) is 1. The third kappa shape index (κ3) is 6.97. The second-order valence-electron chi connectivity index (χ2n) is 8.70. The van der Waals surface area contributed by atoms with Crippen LogP contribution >= 0.6 is 24.0 Å². The van der Waals surface area contributed by atoms with Gasteiger partial charge in [-0.15, -0.1) is 24.0 Å². The molecule has 2 fully saturated rings. The smallest absolute Gasteiger partial charge is 0.242 e. The van der Waals surface area contributed by atoms with Gasteiger partial charge in [0.1, 0.15) is 0 Å². The number of rotatable bonds is 5. The van der Waals surface area contributed by atoms with Gasteiger partial charge in [-0.05, 0) is 41.7 Å². The molecule has 2 heterocycles. The third-order valence-corrected chi connectivity index (χ3v) is 5.42. The Labute approximate surface area is 193 Å². The minimum Gasteiger partial charge on any atom is -0.357 e. The van der Waals surface area contributed by atoms with Gasteiger partial charge in [-0.3, -0.25) is 14.6 Å². The predicted molar refractivity (Wildman–Crippen MR) is 128 cm³/mol. The molecule has 9 heteroatoms. The Kier molecular flexibility index (Phi) is 10.1. The number of carbonyl (C=O) groups is 2. The lowest BCUT2D eigenvalue weighted by atomic mass is 9.96. The van der Waals surface area contributed by atoms with E-state index in [9.17, 15) is 9.59 Å². The number of likely N-dealkylation sites (N-methyl/N-ethyl adjacent to an activating group) is 1. The van der Waals surface area contributed by atoms with Gasteiger partial charge in [0.15, 0.2) is 5.96 Å². The van der Waals surface area contributed by atoms with E-state index in [1.54, 1.807) is 0 Å². The number of guanidine groups is 1. The van der Waals surface area contributed by atoms with Crippen LogP contribution in [0.15, 0.2) is 4.99 Å². The number of carbonyl (C=O) groups excluding carboxylic acids is 2. The molecule has 168 valence electrons. The highest BCUT2D eigenvalue weighted by Crippen LogP contribution is 2.24. The van der Waals surface area contributed by atoms with E-state index in [4.69, 9.17) is 0 Å². The van der Waals surface area contributed by atoms with Crippen molar-refractivity contribution in [2.75, 3.05) is 59.4 Å². The third-order valence-electron chi connectivity index (χ3n) is 5.42. The van der Waals surface area contributed by atoms with Gasteiger partial charge in [-0.2, -0.15) is 0 Å². The van der Waals surface area contributed by atoms with Gasteiger partial charge in [0.2, 0.25) is 11.8 Å². The van der Waals surface area contributed by atoms with Gasteiger partial charge in [0.05, 0.1) is 18.6 Å². The molecule has 2 amide bonds. The second kappa shape index (κ2) is 11.3. The van der Waals surface area contributed by atoms with Crippen molar-refractivity contribution in [2.45, 2.75) is 52.6 Å². The standard InChI is InChI=1S/C20H38N6O2.HI/c1-7-21-19(22-9-8-17(27)24-12-10-23(6)11-13-24)25-14-18(28)26(16(2)3)20(4,5)15-25;/h16H,7-15H2,1-6H3,(H,21,22);1H. The quantitative estimate of drug-likeness (QED) is 0.333. The summed E-state index contributed by atoms with van der Waals surface area (Å²) in [5.41, 5.74) is -0.269. The molecule has 0 aliphatic carbocycles. The van der Waals surface area contributed by atoms with Crippen LogP contribution in [-0.4, -0.2) is 108 Å². The molecule has 0 aromatic carbocycles. The number of aliphatic imine (C=N–C) groups is 1. The Hall–Kier alpha value is -1.10. The van der Waals surface area contributed by atoms with Crippen LogP contribution in [0.1, 0.15) is 41.0 Å². The van der Waals surface area contributed by atoms with Crippen molar-refractivity contribution in [1.82, 2.24) is 24.9 Å². The number of piperazine rings is 2. The van der Waals surface area contributed by atoms with Gasteiger partial charge in [0, 0.05) is 51.7 Å². The van der Waals surface area contributed by atoms with Gasteiger partial charge < -0.3 is 24.9 Å². The molecule has 0 unspecified atom stereocenters. The highest BCUT2D eigenvalue weighted by Gasteiger charge is 2.40. The molecule has 2 rings (SSSR count). The fourth-order valence-electron chi connectivity index (χ4n) is 4.21. The maximum atomic E-state index is 12.7. The topological polar surface area (TPSA) is 71.5 Å². The normalized spacial score (nSPS) is 20.7. The maximum Gasteiger partial charge on any atom is 0.242 e. The van der Waals surface area contributed by atoms with Crippen molar-refractivity contribution in [3.8, 4) is 0 Å². The van der Waals surface area contributed by atoms with E-state index in [-0.39, 0.29) is 47.4 Å². The largest absolute Gasteiger partial charge is 0.357 e.